The lowest BCUT2D eigenvalue weighted by molar-refractivity contribution is -0.145. The largest absolute Gasteiger partial charge is 0.468 e. The molecule has 0 unspecified atom stereocenters. The number of aliphatic hydroxyl groups is 1. The first kappa shape index (κ1) is 13.5. The van der Waals surface area contributed by atoms with Crippen molar-refractivity contribution in [1.82, 2.24) is 5.32 Å². The minimum absolute atomic E-state index is 0.384. The molecule has 0 spiro atoms. The molecule has 0 amide bonds. The van der Waals surface area contributed by atoms with Gasteiger partial charge in [-0.25, -0.2) is 0 Å². The van der Waals surface area contributed by atoms with Gasteiger partial charge in [0, 0.05) is 0 Å². The summed E-state index contributed by atoms with van der Waals surface area (Å²) in [4.78, 5) is 11.4. The average molecular weight is 229 g/mol. The van der Waals surface area contributed by atoms with Crippen LogP contribution in [0.5, 0.6) is 0 Å². The molecular formula is C12H23NO3. The van der Waals surface area contributed by atoms with Crippen LogP contribution in [-0.4, -0.2) is 36.9 Å². The molecule has 2 N–H and O–H groups in total. The molecule has 0 aliphatic heterocycles. The Morgan fingerprint density at radius 3 is 2.56 bits per heavy atom. The lowest BCUT2D eigenvalue weighted by Gasteiger charge is -2.25. The first-order valence-corrected chi connectivity index (χ1v) is 6.14. The Labute approximate surface area is 97.4 Å². The summed E-state index contributed by atoms with van der Waals surface area (Å²) in [6, 6.07) is -0.591. The highest BCUT2D eigenvalue weighted by atomic mass is 16.5. The number of esters is 1. The molecule has 94 valence electrons. The molecule has 0 aromatic heterocycles. The van der Waals surface area contributed by atoms with E-state index in [1.165, 1.54) is 39.2 Å². The number of carbonyl (C=O) groups is 1. The molecule has 0 saturated heterocycles. The van der Waals surface area contributed by atoms with Gasteiger partial charge in [-0.05, 0) is 32.2 Å². The van der Waals surface area contributed by atoms with E-state index in [1.807, 2.05) is 0 Å². The third-order valence-electron chi connectivity index (χ3n) is 3.29. The summed E-state index contributed by atoms with van der Waals surface area (Å²) in [7, 11) is 1.35. The standard InChI is InChI=1S/C12H23NO3/c1-9(14)11(12(15)16-2)13-8-10-6-4-3-5-7-10/h9-11,13-14H,3-8H2,1-2H3/t9-,11+/m1/s1. The molecule has 0 aromatic rings. The smallest absolute Gasteiger partial charge is 0.325 e. The molecule has 4 heteroatoms. The van der Waals surface area contributed by atoms with E-state index in [0.29, 0.717) is 5.92 Å². The lowest BCUT2D eigenvalue weighted by atomic mass is 9.89. The molecule has 0 bridgehead atoms. The van der Waals surface area contributed by atoms with Crippen LogP contribution in [-0.2, 0) is 9.53 Å². The van der Waals surface area contributed by atoms with Crippen LogP contribution in [0.3, 0.4) is 0 Å². The van der Waals surface area contributed by atoms with Crippen molar-refractivity contribution in [2.45, 2.75) is 51.2 Å². The summed E-state index contributed by atoms with van der Waals surface area (Å²) in [5.41, 5.74) is 0. The number of ether oxygens (including phenoxy) is 1. The predicted octanol–water partition coefficient (Wildman–Crippen LogP) is 1.08. The molecule has 1 fully saturated rings. The maximum atomic E-state index is 11.4. The molecule has 1 saturated carbocycles. The second-order valence-corrected chi connectivity index (χ2v) is 4.65. The summed E-state index contributed by atoms with van der Waals surface area (Å²) >= 11 is 0. The van der Waals surface area contributed by atoms with Crippen molar-refractivity contribution in [1.29, 1.82) is 0 Å². The summed E-state index contributed by atoms with van der Waals surface area (Å²) < 4.78 is 4.65. The molecular weight excluding hydrogens is 206 g/mol. The molecule has 4 nitrogen and oxygen atoms in total. The Balaban J connectivity index is 2.34. The zero-order valence-electron chi connectivity index (χ0n) is 10.2. The molecule has 2 atom stereocenters. The lowest BCUT2D eigenvalue weighted by Crippen LogP contribution is -2.47. The number of rotatable bonds is 5. The van der Waals surface area contributed by atoms with E-state index in [1.54, 1.807) is 6.92 Å². The van der Waals surface area contributed by atoms with E-state index in [0.717, 1.165) is 6.54 Å². The van der Waals surface area contributed by atoms with E-state index in [9.17, 15) is 9.90 Å². The van der Waals surface area contributed by atoms with Gasteiger partial charge in [0.1, 0.15) is 6.04 Å². The van der Waals surface area contributed by atoms with E-state index in [4.69, 9.17) is 0 Å². The second kappa shape index (κ2) is 6.86. The van der Waals surface area contributed by atoms with Gasteiger partial charge >= 0.3 is 5.97 Å². The van der Waals surface area contributed by atoms with E-state index in [2.05, 4.69) is 10.1 Å². The fourth-order valence-electron chi connectivity index (χ4n) is 2.26. The maximum absolute atomic E-state index is 11.4. The highest BCUT2D eigenvalue weighted by Crippen LogP contribution is 2.22. The number of nitrogens with one attached hydrogen (secondary N) is 1. The van der Waals surface area contributed by atoms with E-state index in [-0.39, 0.29) is 5.97 Å². The van der Waals surface area contributed by atoms with Gasteiger partial charge in [0.15, 0.2) is 0 Å². The van der Waals surface area contributed by atoms with Crippen molar-refractivity contribution in [2.24, 2.45) is 5.92 Å². The van der Waals surface area contributed by atoms with Crippen molar-refractivity contribution in [3.63, 3.8) is 0 Å². The van der Waals surface area contributed by atoms with Crippen LogP contribution in [0.1, 0.15) is 39.0 Å². The summed E-state index contributed by atoms with van der Waals surface area (Å²) in [5.74, 6) is 0.255. The number of carbonyl (C=O) groups excluding carboxylic acids is 1. The fourth-order valence-corrected chi connectivity index (χ4v) is 2.26. The van der Waals surface area contributed by atoms with Crippen molar-refractivity contribution < 1.29 is 14.6 Å². The van der Waals surface area contributed by atoms with Crippen LogP contribution in [0.2, 0.25) is 0 Å². The quantitative estimate of drug-likeness (QED) is 0.693. The van der Waals surface area contributed by atoms with E-state index >= 15 is 0 Å². The molecule has 1 rings (SSSR count). The fraction of sp³-hybridized carbons (Fsp3) is 0.917. The van der Waals surface area contributed by atoms with Crippen LogP contribution in [0.15, 0.2) is 0 Å². The van der Waals surface area contributed by atoms with Crippen molar-refractivity contribution in [3.8, 4) is 0 Å². The normalized spacial score (nSPS) is 21.4. The first-order chi connectivity index (χ1) is 7.65. The molecule has 0 aromatic carbocycles. The van der Waals surface area contributed by atoms with Gasteiger partial charge in [-0.1, -0.05) is 19.3 Å². The monoisotopic (exact) mass is 229 g/mol. The Morgan fingerprint density at radius 1 is 1.44 bits per heavy atom. The van der Waals surface area contributed by atoms with Gasteiger partial charge in [0.25, 0.3) is 0 Å². The van der Waals surface area contributed by atoms with Gasteiger partial charge in [-0.3, -0.25) is 4.79 Å². The number of methoxy groups -OCH3 is 1. The van der Waals surface area contributed by atoms with Gasteiger partial charge < -0.3 is 15.2 Å². The van der Waals surface area contributed by atoms with Gasteiger partial charge in [-0.2, -0.15) is 0 Å². The van der Waals surface area contributed by atoms with Gasteiger partial charge in [0.2, 0.25) is 0 Å². The molecule has 0 heterocycles. The van der Waals surface area contributed by atoms with Crippen LogP contribution in [0.4, 0.5) is 0 Å². The predicted molar refractivity (Wildman–Crippen MR) is 62.1 cm³/mol. The molecule has 1 aliphatic rings. The minimum atomic E-state index is -0.712. The van der Waals surface area contributed by atoms with Crippen molar-refractivity contribution >= 4 is 5.97 Å². The summed E-state index contributed by atoms with van der Waals surface area (Å²) in [6.07, 6.45) is 5.62. The highest BCUT2D eigenvalue weighted by molar-refractivity contribution is 5.76. The summed E-state index contributed by atoms with van der Waals surface area (Å²) in [6.45, 7) is 2.40. The third kappa shape index (κ3) is 4.10. The van der Waals surface area contributed by atoms with Crippen LogP contribution in [0, 0.1) is 5.92 Å². The maximum Gasteiger partial charge on any atom is 0.325 e. The van der Waals surface area contributed by atoms with Crippen LogP contribution in [0.25, 0.3) is 0 Å². The Morgan fingerprint density at radius 2 is 2.06 bits per heavy atom. The minimum Gasteiger partial charge on any atom is -0.468 e. The van der Waals surface area contributed by atoms with Crippen LogP contribution >= 0.6 is 0 Å². The molecule has 16 heavy (non-hydrogen) atoms. The Hall–Kier alpha value is -0.610. The summed E-state index contributed by atoms with van der Waals surface area (Å²) in [5, 5.41) is 12.6. The van der Waals surface area contributed by atoms with Crippen molar-refractivity contribution in [2.75, 3.05) is 13.7 Å². The average Bonchev–Trinajstić information content (AvgIpc) is 2.30. The van der Waals surface area contributed by atoms with Crippen molar-refractivity contribution in [3.05, 3.63) is 0 Å². The zero-order valence-corrected chi connectivity index (χ0v) is 10.2. The van der Waals surface area contributed by atoms with Crippen LogP contribution < -0.4 is 5.32 Å². The number of aliphatic hydroxyl groups excluding tert-OH is 1. The molecule has 0 radical (unpaired) electrons. The second-order valence-electron chi connectivity index (χ2n) is 4.65. The first-order valence-electron chi connectivity index (χ1n) is 6.14. The topological polar surface area (TPSA) is 58.6 Å². The van der Waals surface area contributed by atoms with Gasteiger partial charge in [0.05, 0.1) is 13.2 Å². The highest BCUT2D eigenvalue weighted by Gasteiger charge is 2.25. The number of hydrogen-bond donors (Lipinski definition) is 2. The van der Waals surface area contributed by atoms with E-state index < -0.39 is 12.1 Å². The molecule has 1 aliphatic carbocycles. The van der Waals surface area contributed by atoms with Gasteiger partial charge in [-0.15, -0.1) is 0 Å². The Bertz CT molecular complexity index is 212. The Kier molecular flexibility index (Phi) is 5.77. The third-order valence-corrected chi connectivity index (χ3v) is 3.29. The number of hydrogen-bond acceptors (Lipinski definition) is 4. The zero-order chi connectivity index (χ0) is 12.0. The SMILES string of the molecule is COC(=O)[C@@H](NCC1CCCCC1)[C@@H](C)O.